The molecule has 0 radical (unpaired) electrons. The van der Waals surface area contributed by atoms with E-state index < -0.39 is 5.97 Å². The molecule has 0 saturated carbocycles. The van der Waals surface area contributed by atoms with Gasteiger partial charge in [-0.05, 0) is 61.6 Å². The number of ether oxygens (including phenoxy) is 2. The zero-order valence-electron chi connectivity index (χ0n) is 16.9. The molecule has 0 bridgehead atoms. The molecular formula is C24H25NO4. The number of hydrogen-bond acceptors (Lipinski definition) is 4. The van der Waals surface area contributed by atoms with Gasteiger partial charge in [0.2, 0.25) is 5.88 Å². The van der Waals surface area contributed by atoms with E-state index in [-0.39, 0.29) is 6.42 Å². The Morgan fingerprint density at radius 2 is 1.97 bits per heavy atom. The van der Waals surface area contributed by atoms with Gasteiger partial charge >= 0.3 is 5.97 Å². The third kappa shape index (κ3) is 5.35. The van der Waals surface area contributed by atoms with Crippen molar-refractivity contribution in [3.8, 4) is 22.9 Å². The van der Waals surface area contributed by atoms with Gasteiger partial charge in [0.25, 0.3) is 0 Å². The molecule has 0 fully saturated rings. The molecule has 1 aromatic heterocycles. The van der Waals surface area contributed by atoms with Crippen LogP contribution in [0.3, 0.4) is 0 Å². The standard InChI is InChI=1S/C24H25NO4/c1-16-13-20(28-3)14-17(2)24(16)21-5-4-6-22(25-21)29-15-19-9-7-18(8-10-19)11-12-23(26)27/h4-9,13-15H,10-12H2,1-3H3,(H,26,27). The van der Waals surface area contributed by atoms with Crippen LogP contribution in [-0.2, 0) is 4.79 Å². The summed E-state index contributed by atoms with van der Waals surface area (Å²) in [6.07, 6.45) is 9.03. The van der Waals surface area contributed by atoms with Crippen molar-refractivity contribution >= 4 is 5.97 Å². The summed E-state index contributed by atoms with van der Waals surface area (Å²) in [4.78, 5) is 15.3. The van der Waals surface area contributed by atoms with E-state index in [1.807, 2.05) is 62.4 Å². The minimum Gasteiger partial charge on any atom is -0.497 e. The van der Waals surface area contributed by atoms with Crippen molar-refractivity contribution < 1.29 is 19.4 Å². The number of nitrogens with zero attached hydrogens (tertiary/aromatic N) is 1. The van der Waals surface area contributed by atoms with Crippen LogP contribution < -0.4 is 9.47 Å². The smallest absolute Gasteiger partial charge is 0.303 e. The van der Waals surface area contributed by atoms with E-state index in [9.17, 15) is 4.79 Å². The fraction of sp³-hybridized carbons (Fsp3) is 0.250. The van der Waals surface area contributed by atoms with E-state index in [0.717, 1.165) is 39.3 Å². The molecule has 0 spiro atoms. The van der Waals surface area contributed by atoms with Crippen molar-refractivity contribution in [2.24, 2.45) is 0 Å². The fourth-order valence-corrected chi connectivity index (χ4v) is 3.32. The molecule has 1 aliphatic rings. The van der Waals surface area contributed by atoms with Crippen molar-refractivity contribution in [1.29, 1.82) is 0 Å². The maximum absolute atomic E-state index is 10.7. The highest BCUT2D eigenvalue weighted by atomic mass is 16.5. The SMILES string of the molecule is COc1cc(C)c(-c2cccc(OC=C3C=CC(CCC(=O)O)=CC3)n2)c(C)c1. The number of rotatable bonds is 7. The van der Waals surface area contributed by atoms with Gasteiger partial charge in [-0.1, -0.05) is 29.9 Å². The molecule has 0 unspecified atom stereocenters. The van der Waals surface area contributed by atoms with Gasteiger partial charge in [-0.25, -0.2) is 4.98 Å². The second kappa shape index (κ2) is 9.24. The van der Waals surface area contributed by atoms with Gasteiger partial charge in [-0.15, -0.1) is 0 Å². The van der Waals surface area contributed by atoms with Crippen LogP contribution >= 0.6 is 0 Å². The molecule has 150 valence electrons. The summed E-state index contributed by atoms with van der Waals surface area (Å²) in [6.45, 7) is 4.09. The van der Waals surface area contributed by atoms with Gasteiger partial charge in [0.1, 0.15) is 5.75 Å². The largest absolute Gasteiger partial charge is 0.497 e. The number of methoxy groups -OCH3 is 1. The second-order valence-electron chi connectivity index (χ2n) is 7.02. The number of carboxylic acid groups (broad SMARTS) is 1. The number of aryl methyl sites for hydroxylation is 2. The third-order valence-corrected chi connectivity index (χ3v) is 4.79. The van der Waals surface area contributed by atoms with Crippen molar-refractivity contribution in [3.05, 3.63) is 77.1 Å². The average molecular weight is 391 g/mol. The van der Waals surface area contributed by atoms with Gasteiger partial charge in [0.15, 0.2) is 0 Å². The van der Waals surface area contributed by atoms with Gasteiger partial charge in [-0.3, -0.25) is 4.79 Å². The Morgan fingerprint density at radius 3 is 2.59 bits per heavy atom. The summed E-state index contributed by atoms with van der Waals surface area (Å²) >= 11 is 0. The van der Waals surface area contributed by atoms with E-state index >= 15 is 0 Å². The number of allylic oxidation sites excluding steroid dienone is 5. The van der Waals surface area contributed by atoms with Crippen LogP contribution in [-0.4, -0.2) is 23.2 Å². The molecule has 0 atom stereocenters. The molecule has 2 aromatic rings. The quantitative estimate of drug-likeness (QED) is 0.641. The van der Waals surface area contributed by atoms with Gasteiger partial charge in [-0.2, -0.15) is 0 Å². The molecule has 1 aromatic carbocycles. The first-order chi connectivity index (χ1) is 14.0. The minimum atomic E-state index is -0.780. The number of aliphatic carboxylic acids is 1. The molecule has 29 heavy (non-hydrogen) atoms. The summed E-state index contributed by atoms with van der Waals surface area (Å²) in [5, 5.41) is 8.78. The summed E-state index contributed by atoms with van der Waals surface area (Å²) in [5.74, 6) is 0.580. The van der Waals surface area contributed by atoms with Crippen LogP contribution in [0.2, 0.25) is 0 Å². The second-order valence-corrected chi connectivity index (χ2v) is 7.02. The number of carboxylic acids is 1. The number of benzene rings is 1. The lowest BCUT2D eigenvalue weighted by Crippen LogP contribution is -1.98. The Bertz CT molecular complexity index is 979. The Labute approximate surface area is 171 Å². The lowest BCUT2D eigenvalue weighted by molar-refractivity contribution is -0.136. The van der Waals surface area contributed by atoms with Gasteiger partial charge in [0, 0.05) is 18.1 Å². The van der Waals surface area contributed by atoms with E-state index in [0.29, 0.717) is 18.7 Å². The lowest BCUT2D eigenvalue weighted by atomic mass is 9.99. The predicted molar refractivity (Wildman–Crippen MR) is 113 cm³/mol. The Kier molecular flexibility index (Phi) is 6.50. The molecule has 0 saturated heterocycles. The maximum atomic E-state index is 10.7. The van der Waals surface area contributed by atoms with E-state index in [2.05, 4.69) is 4.98 Å². The molecule has 3 rings (SSSR count). The number of hydrogen-bond donors (Lipinski definition) is 1. The van der Waals surface area contributed by atoms with Gasteiger partial charge < -0.3 is 14.6 Å². The fourth-order valence-electron chi connectivity index (χ4n) is 3.32. The van der Waals surface area contributed by atoms with E-state index in [1.54, 1.807) is 13.4 Å². The van der Waals surface area contributed by atoms with Crippen molar-refractivity contribution in [2.45, 2.75) is 33.1 Å². The first kappa shape index (κ1) is 20.4. The van der Waals surface area contributed by atoms with Crippen LogP contribution in [0.5, 0.6) is 11.6 Å². The summed E-state index contributed by atoms with van der Waals surface area (Å²) in [6, 6.07) is 9.73. The normalized spacial score (nSPS) is 14.6. The zero-order chi connectivity index (χ0) is 20.8. The molecular weight excluding hydrogens is 366 g/mol. The summed E-state index contributed by atoms with van der Waals surface area (Å²) in [7, 11) is 1.66. The lowest BCUT2D eigenvalue weighted by Gasteiger charge is -2.13. The van der Waals surface area contributed by atoms with Gasteiger partial charge in [0.05, 0.1) is 19.1 Å². The van der Waals surface area contributed by atoms with Crippen molar-refractivity contribution in [2.75, 3.05) is 7.11 Å². The molecule has 5 heteroatoms. The van der Waals surface area contributed by atoms with Crippen LogP contribution in [0.4, 0.5) is 0 Å². The van der Waals surface area contributed by atoms with Crippen LogP contribution in [0.15, 0.2) is 66.0 Å². The minimum absolute atomic E-state index is 0.145. The molecule has 1 heterocycles. The molecule has 0 amide bonds. The average Bonchev–Trinajstić information content (AvgIpc) is 2.71. The highest BCUT2D eigenvalue weighted by molar-refractivity contribution is 5.69. The van der Waals surface area contributed by atoms with E-state index in [1.165, 1.54) is 0 Å². The van der Waals surface area contributed by atoms with Crippen molar-refractivity contribution in [1.82, 2.24) is 4.98 Å². The molecule has 1 aliphatic carbocycles. The van der Waals surface area contributed by atoms with E-state index in [4.69, 9.17) is 14.6 Å². The highest BCUT2D eigenvalue weighted by Crippen LogP contribution is 2.31. The predicted octanol–water partition coefficient (Wildman–Crippen LogP) is 5.39. The van der Waals surface area contributed by atoms with Crippen LogP contribution in [0, 0.1) is 13.8 Å². The maximum Gasteiger partial charge on any atom is 0.303 e. The Morgan fingerprint density at radius 1 is 1.21 bits per heavy atom. The number of carbonyl (C=O) groups is 1. The molecule has 5 nitrogen and oxygen atoms in total. The monoisotopic (exact) mass is 391 g/mol. The topological polar surface area (TPSA) is 68.7 Å². The molecule has 0 aliphatic heterocycles. The Hall–Kier alpha value is -3.34. The Balaban J connectivity index is 1.71. The zero-order valence-corrected chi connectivity index (χ0v) is 16.9. The highest BCUT2D eigenvalue weighted by Gasteiger charge is 2.11. The summed E-state index contributed by atoms with van der Waals surface area (Å²) < 4.78 is 11.1. The number of aromatic nitrogens is 1. The molecule has 1 N–H and O–H groups in total. The third-order valence-electron chi connectivity index (χ3n) is 4.79. The van der Waals surface area contributed by atoms with Crippen molar-refractivity contribution in [3.63, 3.8) is 0 Å². The first-order valence-electron chi connectivity index (χ1n) is 9.53. The first-order valence-corrected chi connectivity index (χ1v) is 9.53. The van der Waals surface area contributed by atoms with Crippen LogP contribution in [0.1, 0.15) is 30.4 Å². The summed E-state index contributed by atoms with van der Waals surface area (Å²) in [5.41, 5.74) is 6.17. The number of pyridine rings is 1. The van der Waals surface area contributed by atoms with Crippen LogP contribution in [0.25, 0.3) is 11.3 Å².